The highest BCUT2D eigenvalue weighted by Crippen LogP contribution is 2.35. The van der Waals surface area contributed by atoms with Crippen molar-refractivity contribution >= 4 is 27.5 Å². The van der Waals surface area contributed by atoms with E-state index in [0.29, 0.717) is 22.6 Å². The van der Waals surface area contributed by atoms with Gasteiger partial charge in [-0.3, -0.25) is 0 Å². The van der Waals surface area contributed by atoms with E-state index in [2.05, 4.69) is 15.4 Å². The van der Waals surface area contributed by atoms with Crippen molar-refractivity contribution in [3.63, 3.8) is 0 Å². The molecule has 7 nitrogen and oxygen atoms in total. The molecule has 10 heteroatoms. The highest BCUT2D eigenvalue weighted by Gasteiger charge is 2.35. The number of aromatic nitrogens is 5. The fourth-order valence-corrected chi connectivity index (χ4v) is 4.53. The normalized spacial score (nSPS) is 11.8. The fraction of sp³-hybridized carbons (Fsp3) is 0.103. The Morgan fingerprint density at radius 1 is 0.872 bits per heavy atom. The Balaban J connectivity index is 1.41. The molecule has 0 atom stereocenters. The molecule has 0 bridgehead atoms. The Hall–Kier alpha value is -4.99. The summed E-state index contributed by atoms with van der Waals surface area (Å²) in [5.74, 6) is -0.593. The van der Waals surface area contributed by atoms with Crippen molar-refractivity contribution in [2.24, 2.45) is 0 Å². The first-order valence-electron chi connectivity index (χ1n) is 12.1. The van der Waals surface area contributed by atoms with E-state index >= 15 is 0 Å². The van der Waals surface area contributed by atoms with Gasteiger partial charge in [0.05, 0.1) is 29.9 Å². The summed E-state index contributed by atoms with van der Waals surface area (Å²) in [5.41, 5.74) is 0.943. The smallest absolute Gasteiger partial charge is 0.435 e. The number of hydrogen-bond acceptors (Lipinski definition) is 5. The van der Waals surface area contributed by atoms with Crippen LogP contribution in [0.25, 0.3) is 44.2 Å². The van der Waals surface area contributed by atoms with Gasteiger partial charge >= 0.3 is 12.1 Å². The zero-order valence-corrected chi connectivity index (χ0v) is 20.6. The maximum atomic E-state index is 13.7. The molecule has 0 saturated heterocycles. The third kappa shape index (κ3) is 4.50. The van der Waals surface area contributed by atoms with Crippen molar-refractivity contribution in [1.82, 2.24) is 24.8 Å². The van der Waals surface area contributed by atoms with Crippen molar-refractivity contribution in [2.75, 3.05) is 6.61 Å². The molecule has 39 heavy (non-hydrogen) atoms. The SMILES string of the molecule is CCOC(=O)c1cn(-c2ccc(-n3nc(C(F)(F)F)cc3-c3ccc4c(ccc5ccccc54)c3)cc2)nn1. The van der Waals surface area contributed by atoms with Gasteiger partial charge in [0.2, 0.25) is 0 Å². The van der Waals surface area contributed by atoms with Crippen LogP contribution < -0.4 is 0 Å². The number of benzene rings is 4. The molecule has 6 aromatic rings. The van der Waals surface area contributed by atoms with E-state index in [-0.39, 0.29) is 12.3 Å². The van der Waals surface area contributed by atoms with Crippen LogP contribution in [0.5, 0.6) is 0 Å². The van der Waals surface area contributed by atoms with Gasteiger partial charge in [0.25, 0.3) is 0 Å². The van der Waals surface area contributed by atoms with Crippen LogP contribution in [0, 0.1) is 0 Å². The molecule has 0 aliphatic heterocycles. The molecule has 0 saturated carbocycles. The first-order chi connectivity index (χ1) is 18.8. The molecule has 194 valence electrons. The maximum Gasteiger partial charge on any atom is 0.435 e. The van der Waals surface area contributed by atoms with Crippen LogP contribution in [0.1, 0.15) is 23.1 Å². The number of carbonyl (C=O) groups excluding carboxylic acids is 1. The zero-order chi connectivity index (χ0) is 27.1. The van der Waals surface area contributed by atoms with Crippen LogP contribution >= 0.6 is 0 Å². The standard InChI is InChI=1S/C29H20F3N5O2/c1-2-39-28(38)25-17-36(35-33-25)21-10-12-22(13-11-21)37-26(16-27(34-37)29(30,31)32)20-9-14-24-19(15-20)8-7-18-5-3-4-6-23(18)24/h3-17H,2H2,1H3. The largest absolute Gasteiger partial charge is 0.461 e. The van der Waals surface area contributed by atoms with Crippen LogP contribution in [0.3, 0.4) is 0 Å². The number of rotatable bonds is 5. The lowest BCUT2D eigenvalue weighted by atomic mass is 9.99. The molecule has 2 aromatic heterocycles. The van der Waals surface area contributed by atoms with Crippen molar-refractivity contribution in [2.45, 2.75) is 13.1 Å². The van der Waals surface area contributed by atoms with E-state index in [1.54, 1.807) is 31.2 Å². The lowest BCUT2D eigenvalue weighted by Crippen LogP contribution is -2.07. The Labute approximate surface area is 220 Å². The molecular weight excluding hydrogens is 507 g/mol. The monoisotopic (exact) mass is 527 g/mol. The summed E-state index contributed by atoms with van der Waals surface area (Å²) in [6.45, 7) is 1.90. The first kappa shape index (κ1) is 24.4. The molecule has 6 rings (SSSR count). The average molecular weight is 528 g/mol. The first-order valence-corrected chi connectivity index (χ1v) is 12.1. The Bertz CT molecular complexity index is 1840. The van der Waals surface area contributed by atoms with Gasteiger partial charge in [-0.2, -0.15) is 18.3 Å². The molecule has 0 spiro atoms. The van der Waals surface area contributed by atoms with Crippen LogP contribution in [0.4, 0.5) is 13.2 Å². The molecule has 0 aliphatic rings. The van der Waals surface area contributed by atoms with E-state index < -0.39 is 17.8 Å². The van der Waals surface area contributed by atoms with E-state index in [1.807, 2.05) is 54.6 Å². The van der Waals surface area contributed by atoms with Crippen molar-refractivity contribution < 1.29 is 22.7 Å². The fourth-order valence-electron chi connectivity index (χ4n) is 4.53. The van der Waals surface area contributed by atoms with Gasteiger partial charge in [-0.1, -0.05) is 53.7 Å². The summed E-state index contributed by atoms with van der Waals surface area (Å²) < 4.78 is 48.7. The summed E-state index contributed by atoms with van der Waals surface area (Å²) in [5, 5.41) is 15.7. The molecule has 4 aromatic carbocycles. The lowest BCUT2D eigenvalue weighted by molar-refractivity contribution is -0.141. The third-order valence-corrected chi connectivity index (χ3v) is 6.38. The second-order valence-corrected chi connectivity index (χ2v) is 8.83. The van der Waals surface area contributed by atoms with Crippen molar-refractivity contribution in [3.05, 3.63) is 103 Å². The number of halogens is 3. The number of carbonyl (C=O) groups is 1. The molecule has 0 fully saturated rings. The van der Waals surface area contributed by atoms with Gasteiger partial charge < -0.3 is 4.74 Å². The molecule has 0 aliphatic carbocycles. The van der Waals surface area contributed by atoms with Crippen molar-refractivity contribution in [3.8, 4) is 22.6 Å². The highest BCUT2D eigenvalue weighted by atomic mass is 19.4. The minimum Gasteiger partial charge on any atom is -0.461 e. The quantitative estimate of drug-likeness (QED) is 0.186. The Morgan fingerprint density at radius 3 is 2.36 bits per heavy atom. The Kier molecular flexibility index (Phi) is 5.86. The maximum absolute atomic E-state index is 13.7. The summed E-state index contributed by atoms with van der Waals surface area (Å²) in [6.07, 6.45) is -3.19. The van der Waals surface area contributed by atoms with E-state index in [1.165, 1.54) is 15.6 Å². The minimum absolute atomic E-state index is 0.0502. The summed E-state index contributed by atoms with van der Waals surface area (Å²) in [4.78, 5) is 11.9. The molecule has 0 unspecified atom stereocenters. The summed E-state index contributed by atoms with van der Waals surface area (Å²) in [6, 6.07) is 25.2. The van der Waals surface area contributed by atoms with Gasteiger partial charge in [0, 0.05) is 5.56 Å². The number of ether oxygens (including phenoxy) is 1. The number of alkyl halides is 3. The zero-order valence-electron chi connectivity index (χ0n) is 20.6. The topological polar surface area (TPSA) is 74.8 Å². The van der Waals surface area contributed by atoms with E-state index in [9.17, 15) is 18.0 Å². The molecule has 0 N–H and O–H groups in total. The van der Waals surface area contributed by atoms with E-state index in [0.717, 1.165) is 27.6 Å². The summed E-state index contributed by atoms with van der Waals surface area (Å²) >= 11 is 0. The second kappa shape index (κ2) is 9.39. The number of hydrogen-bond donors (Lipinski definition) is 0. The van der Waals surface area contributed by atoms with Crippen molar-refractivity contribution in [1.29, 1.82) is 0 Å². The molecular formula is C29H20F3N5O2. The molecule has 2 heterocycles. The lowest BCUT2D eigenvalue weighted by Gasteiger charge is -2.10. The van der Waals surface area contributed by atoms with Crippen LogP contribution in [0.2, 0.25) is 0 Å². The number of nitrogens with zero attached hydrogens (tertiary/aromatic N) is 5. The third-order valence-electron chi connectivity index (χ3n) is 6.38. The Morgan fingerprint density at radius 2 is 1.59 bits per heavy atom. The number of fused-ring (bicyclic) bond motifs is 3. The van der Waals surface area contributed by atoms with Gasteiger partial charge in [0.15, 0.2) is 11.4 Å². The predicted octanol–water partition coefficient (Wildman–Crippen LogP) is 6.62. The van der Waals surface area contributed by atoms with Gasteiger partial charge in [0.1, 0.15) is 0 Å². The van der Waals surface area contributed by atoms with Crippen LogP contribution in [-0.4, -0.2) is 37.4 Å². The van der Waals surface area contributed by atoms with Gasteiger partial charge in [-0.15, -0.1) is 5.10 Å². The molecule has 0 amide bonds. The minimum atomic E-state index is -4.61. The van der Waals surface area contributed by atoms with Gasteiger partial charge in [-0.05, 0) is 64.9 Å². The average Bonchev–Trinajstić information content (AvgIpc) is 3.62. The second-order valence-electron chi connectivity index (χ2n) is 8.83. The summed E-state index contributed by atoms with van der Waals surface area (Å²) in [7, 11) is 0. The predicted molar refractivity (Wildman–Crippen MR) is 140 cm³/mol. The van der Waals surface area contributed by atoms with Crippen LogP contribution in [-0.2, 0) is 10.9 Å². The van der Waals surface area contributed by atoms with Crippen LogP contribution in [0.15, 0.2) is 91.1 Å². The van der Waals surface area contributed by atoms with E-state index in [4.69, 9.17) is 4.74 Å². The highest BCUT2D eigenvalue weighted by molar-refractivity contribution is 6.08. The van der Waals surface area contributed by atoms with Gasteiger partial charge in [-0.25, -0.2) is 14.2 Å². The molecule has 0 radical (unpaired) electrons. The number of esters is 1.